The summed E-state index contributed by atoms with van der Waals surface area (Å²) >= 11 is 0. The van der Waals surface area contributed by atoms with Gasteiger partial charge in [-0.2, -0.15) is 4.31 Å². The van der Waals surface area contributed by atoms with Crippen LogP contribution in [0.3, 0.4) is 0 Å². The van der Waals surface area contributed by atoms with Crippen molar-refractivity contribution in [1.82, 2.24) is 9.62 Å². The zero-order valence-electron chi connectivity index (χ0n) is 15.1. The van der Waals surface area contributed by atoms with E-state index >= 15 is 0 Å². The molecule has 0 aliphatic rings. The van der Waals surface area contributed by atoms with Crippen LogP contribution in [0.1, 0.15) is 35.8 Å². The van der Waals surface area contributed by atoms with Gasteiger partial charge >= 0.3 is 5.97 Å². The van der Waals surface area contributed by atoms with Crippen LogP contribution in [0.15, 0.2) is 59.5 Å². The molecule has 2 aromatic carbocycles. The molecule has 2 N–H and O–H groups in total. The van der Waals surface area contributed by atoms with Crippen LogP contribution in [0, 0.1) is 0 Å². The first-order chi connectivity index (χ1) is 12.8. The average Bonchev–Trinajstić information content (AvgIpc) is 2.67. The summed E-state index contributed by atoms with van der Waals surface area (Å²) in [5, 5.41) is 11.9. The molecule has 2 aromatic rings. The topological polar surface area (TPSA) is 104 Å². The number of carbonyl (C=O) groups excluding carboxylic acids is 1. The third kappa shape index (κ3) is 4.72. The molecule has 0 bridgehead atoms. The Hall–Kier alpha value is -2.71. The monoisotopic (exact) mass is 390 g/mol. The summed E-state index contributed by atoms with van der Waals surface area (Å²) in [4.78, 5) is 24.1. The standard InChI is InChI=1S/C19H22N2O5S/c1-3-21(4-2)27(25,26)16-12-8-11-15(13-16)18(22)20-17(19(23)24)14-9-6-5-7-10-14/h5-13,17H,3-4H2,1-2H3,(H,20,22)(H,23,24). The first-order valence-electron chi connectivity index (χ1n) is 8.50. The molecule has 0 spiro atoms. The number of hydrogen-bond donors (Lipinski definition) is 2. The van der Waals surface area contributed by atoms with E-state index in [-0.39, 0.29) is 10.5 Å². The van der Waals surface area contributed by atoms with Crippen LogP contribution < -0.4 is 5.32 Å². The second kappa shape index (κ2) is 8.79. The molecule has 0 aliphatic carbocycles. The van der Waals surface area contributed by atoms with Gasteiger partial charge in [0.1, 0.15) is 0 Å². The highest BCUT2D eigenvalue weighted by atomic mass is 32.2. The van der Waals surface area contributed by atoms with Gasteiger partial charge in [0.2, 0.25) is 10.0 Å². The largest absolute Gasteiger partial charge is 0.479 e. The van der Waals surface area contributed by atoms with Gasteiger partial charge in [0.05, 0.1) is 4.90 Å². The summed E-state index contributed by atoms with van der Waals surface area (Å²) in [5.74, 6) is -1.87. The van der Waals surface area contributed by atoms with Crippen LogP contribution in [0.25, 0.3) is 0 Å². The number of rotatable bonds is 8. The highest BCUT2D eigenvalue weighted by Crippen LogP contribution is 2.18. The lowest BCUT2D eigenvalue weighted by molar-refractivity contribution is -0.139. The van der Waals surface area contributed by atoms with E-state index in [0.29, 0.717) is 18.7 Å². The van der Waals surface area contributed by atoms with Crippen molar-refractivity contribution in [2.75, 3.05) is 13.1 Å². The number of nitrogens with one attached hydrogen (secondary N) is 1. The second-order valence-electron chi connectivity index (χ2n) is 5.77. The number of carbonyl (C=O) groups is 2. The van der Waals surface area contributed by atoms with Crippen LogP contribution in [0.2, 0.25) is 0 Å². The average molecular weight is 390 g/mol. The van der Waals surface area contributed by atoms with Crippen LogP contribution in [-0.2, 0) is 14.8 Å². The van der Waals surface area contributed by atoms with Crippen LogP contribution in [0.4, 0.5) is 0 Å². The first-order valence-corrected chi connectivity index (χ1v) is 9.94. The van der Waals surface area contributed by atoms with Crippen LogP contribution in [-0.4, -0.2) is 42.8 Å². The van der Waals surface area contributed by atoms with Gasteiger partial charge in [-0.15, -0.1) is 0 Å². The molecule has 0 aliphatic heterocycles. The minimum absolute atomic E-state index is 0.00886. The Morgan fingerprint density at radius 1 is 1.04 bits per heavy atom. The number of amides is 1. The summed E-state index contributed by atoms with van der Waals surface area (Å²) < 4.78 is 26.5. The van der Waals surface area contributed by atoms with Gasteiger partial charge in [0, 0.05) is 18.7 Å². The highest BCUT2D eigenvalue weighted by Gasteiger charge is 2.25. The van der Waals surface area contributed by atoms with E-state index in [1.54, 1.807) is 44.2 Å². The van der Waals surface area contributed by atoms with Gasteiger partial charge in [0.15, 0.2) is 6.04 Å². The Labute approximate surface area is 158 Å². The van der Waals surface area contributed by atoms with E-state index in [9.17, 15) is 23.1 Å². The van der Waals surface area contributed by atoms with Crippen molar-refractivity contribution in [2.45, 2.75) is 24.8 Å². The van der Waals surface area contributed by atoms with E-state index in [0.717, 1.165) is 0 Å². The summed E-state index contributed by atoms with van der Waals surface area (Å²) in [6, 6.07) is 12.6. The maximum Gasteiger partial charge on any atom is 0.330 e. The fourth-order valence-corrected chi connectivity index (χ4v) is 4.16. The number of carboxylic acid groups (broad SMARTS) is 1. The highest BCUT2D eigenvalue weighted by molar-refractivity contribution is 7.89. The molecule has 0 radical (unpaired) electrons. The number of sulfonamides is 1. The lowest BCUT2D eigenvalue weighted by Gasteiger charge is -2.19. The Balaban J connectivity index is 2.31. The zero-order valence-corrected chi connectivity index (χ0v) is 15.9. The fourth-order valence-electron chi connectivity index (χ4n) is 2.66. The SMILES string of the molecule is CCN(CC)S(=O)(=O)c1cccc(C(=O)NC(C(=O)O)c2ccccc2)c1. The number of nitrogens with zero attached hydrogens (tertiary/aromatic N) is 1. The molecule has 144 valence electrons. The Kier molecular flexibility index (Phi) is 6.70. The van der Waals surface area contributed by atoms with Gasteiger partial charge in [-0.1, -0.05) is 50.2 Å². The van der Waals surface area contributed by atoms with Crippen molar-refractivity contribution < 1.29 is 23.1 Å². The van der Waals surface area contributed by atoms with E-state index < -0.39 is 27.9 Å². The van der Waals surface area contributed by atoms with E-state index in [4.69, 9.17) is 0 Å². The molecular formula is C19H22N2O5S. The molecule has 1 amide bonds. The zero-order chi connectivity index (χ0) is 20.0. The number of benzene rings is 2. The van der Waals surface area contributed by atoms with Crippen LogP contribution in [0.5, 0.6) is 0 Å². The normalized spacial score (nSPS) is 12.6. The smallest absolute Gasteiger partial charge is 0.330 e. The van der Waals surface area contributed by atoms with Gasteiger partial charge < -0.3 is 10.4 Å². The van der Waals surface area contributed by atoms with E-state index in [1.807, 2.05) is 0 Å². The third-order valence-electron chi connectivity index (χ3n) is 4.09. The van der Waals surface area contributed by atoms with E-state index in [2.05, 4.69) is 5.32 Å². The first kappa shape index (κ1) is 20.6. The lowest BCUT2D eigenvalue weighted by atomic mass is 10.1. The van der Waals surface area contributed by atoms with Crippen molar-refractivity contribution in [1.29, 1.82) is 0 Å². The van der Waals surface area contributed by atoms with Crippen LogP contribution >= 0.6 is 0 Å². The third-order valence-corrected chi connectivity index (χ3v) is 6.14. The van der Waals surface area contributed by atoms with Gasteiger partial charge in [0.25, 0.3) is 5.91 Å². The molecule has 0 fully saturated rings. The number of hydrogen-bond acceptors (Lipinski definition) is 4. The van der Waals surface area contributed by atoms with Crippen molar-refractivity contribution >= 4 is 21.9 Å². The van der Waals surface area contributed by atoms with Crippen molar-refractivity contribution in [3.05, 3.63) is 65.7 Å². The molecule has 0 saturated heterocycles. The summed E-state index contributed by atoms with van der Waals surface area (Å²) in [6.07, 6.45) is 0. The minimum Gasteiger partial charge on any atom is -0.479 e. The summed E-state index contributed by atoms with van der Waals surface area (Å²) in [5.41, 5.74) is 0.496. The molecule has 27 heavy (non-hydrogen) atoms. The number of carboxylic acids is 1. The molecule has 7 nitrogen and oxygen atoms in total. The predicted molar refractivity (Wildman–Crippen MR) is 101 cm³/mol. The Morgan fingerprint density at radius 3 is 2.22 bits per heavy atom. The van der Waals surface area contributed by atoms with Crippen molar-refractivity contribution in [3.63, 3.8) is 0 Å². The van der Waals surface area contributed by atoms with Gasteiger partial charge in [-0.25, -0.2) is 13.2 Å². The number of aliphatic carboxylic acids is 1. The van der Waals surface area contributed by atoms with Gasteiger partial charge in [-0.3, -0.25) is 4.79 Å². The summed E-state index contributed by atoms with van der Waals surface area (Å²) in [7, 11) is -3.72. The molecule has 1 unspecified atom stereocenters. The minimum atomic E-state index is -3.72. The molecule has 1 atom stereocenters. The molecule has 0 heterocycles. The maximum absolute atomic E-state index is 12.6. The van der Waals surface area contributed by atoms with Crippen molar-refractivity contribution in [3.8, 4) is 0 Å². The summed E-state index contributed by atoms with van der Waals surface area (Å²) in [6.45, 7) is 4.08. The fraction of sp³-hybridized carbons (Fsp3) is 0.263. The Bertz CT molecular complexity index is 909. The quantitative estimate of drug-likeness (QED) is 0.720. The molecule has 2 rings (SSSR count). The predicted octanol–water partition coefficient (Wildman–Crippen LogP) is 2.27. The molecule has 0 aromatic heterocycles. The molecule has 8 heteroatoms. The molecule has 0 saturated carbocycles. The Morgan fingerprint density at radius 2 is 1.67 bits per heavy atom. The van der Waals surface area contributed by atoms with E-state index in [1.165, 1.54) is 28.6 Å². The lowest BCUT2D eigenvalue weighted by Crippen LogP contribution is -2.34. The molecular weight excluding hydrogens is 368 g/mol. The van der Waals surface area contributed by atoms with Gasteiger partial charge in [-0.05, 0) is 23.8 Å². The second-order valence-corrected chi connectivity index (χ2v) is 7.71. The maximum atomic E-state index is 12.6. The van der Waals surface area contributed by atoms with Crippen molar-refractivity contribution in [2.24, 2.45) is 0 Å².